The number of ether oxygens (including phenoxy) is 1. The Morgan fingerprint density at radius 2 is 2.10 bits per heavy atom. The molecule has 3 N–H and O–H groups in total. The molecule has 21 heavy (non-hydrogen) atoms. The van der Waals surface area contributed by atoms with E-state index in [9.17, 15) is 18.0 Å². The topological polar surface area (TPSA) is 64.4 Å². The minimum Gasteiger partial charge on any atom is -0.404 e. The average Bonchev–Trinajstić information content (AvgIpc) is 2.38. The maximum Gasteiger partial charge on any atom is 0.573 e. The van der Waals surface area contributed by atoms with Crippen LogP contribution in [-0.2, 0) is 4.79 Å². The molecule has 1 aromatic carbocycles. The first-order valence-electron chi connectivity index (χ1n) is 6.25. The molecule has 8 heteroatoms. The molecule has 118 valence electrons. The summed E-state index contributed by atoms with van der Waals surface area (Å²) in [5.41, 5.74) is 5.66. The number of nitrogens with one attached hydrogen (secondary N) is 1. The minimum atomic E-state index is -4.85. The molecule has 0 unspecified atom stereocenters. The van der Waals surface area contributed by atoms with Gasteiger partial charge in [0.2, 0.25) is 5.91 Å². The molecular weight excluding hydrogens is 353 g/mol. The van der Waals surface area contributed by atoms with Gasteiger partial charge in [-0.15, -0.1) is 13.2 Å². The highest BCUT2D eigenvalue weighted by atomic mass is 79.9. The van der Waals surface area contributed by atoms with Crippen LogP contribution < -0.4 is 15.8 Å². The summed E-state index contributed by atoms with van der Waals surface area (Å²) in [4.78, 5) is 11.9. The van der Waals surface area contributed by atoms with Crippen molar-refractivity contribution in [2.75, 3.05) is 5.32 Å². The van der Waals surface area contributed by atoms with Gasteiger partial charge in [-0.1, -0.05) is 36.2 Å². The Bertz CT molecular complexity index is 509. The van der Waals surface area contributed by atoms with Crippen molar-refractivity contribution in [2.24, 2.45) is 11.7 Å². The van der Waals surface area contributed by atoms with Crippen LogP contribution in [0.15, 0.2) is 22.7 Å². The van der Waals surface area contributed by atoms with E-state index in [2.05, 4.69) is 26.0 Å². The minimum absolute atomic E-state index is 0.0840. The number of hydrogen-bond acceptors (Lipinski definition) is 3. The molecule has 1 rings (SSSR count). The van der Waals surface area contributed by atoms with Crippen LogP contribution in [0.2, 0.25) is 0 Å². The summed E-state index contributed by atoms with van der Waals surface area (Å²) < 4.78 is 41.4. The van der Waals surface area contributed by atoms with E-state index in [0.29, 0.717) is 10.9 Å². The van der Waals surface area contributed by atoms with Crippen LogP contribution in [0, 0.1) is 5.92 Å². The lowest BCUT2D eigenvalue weighted by atomic mass is 9.99. The summed E-state index contributed by atoms with van der Waals surface area (Å²) in [7, 11) is 0. The summed E-state index contributed by atoms with van der Waals surface area (Å²) in [6.45, 7) is 3.66. The summed E-state index contributed by atoms with van der Waals surface area (Å²) in [5, 5.41) is 2.37. The Labute approximate surface area is 129 Å². The fourth-order valence-corrected chi connectivity index (χ4v) is 1.88. The number of alkyl halides is 3. The first-order valence-corrected chi connectivity index (χ1v) is 7.05. The number of benzene rings is 1. The fourth-order valence-electron chi connectivity index (χ4n) is 1.54. The molecule has 0 saturated carbocycles. The number of rotatable bonds is 5. The second-order valence-corrected chi connectivity index (χ2v) is 5.50. The molecule has 0 bridgehead atoms. The summed E-state index contributed by atoms with van der Waals surface area (Å²) in [6, 6.07) is 3.12. The SMILES string of the molecule is CC[C@H](C)[C@H](N)C(=O)Nc1ccc(Br)cc1OC(F)(F)F. The number of carbonyl (C=O) groups is 1. The number of amides is 1. The van der Waals surface area contributed by atoms with Gasteiger partial charge in [-0.3, -0.25) is 4.79 Å². The summed E-state index contributed by atoms with van der Waals surface area (Å²) in [6.07, 6.45) is -4.17. The Balaban J connectivity index is 2.95. The van der Waals surface area contributed by atoms with Crippen LogP contribution in [-0.4, -0.2) is 18.3 Å². The van der Waals surface area contributed by atoms with Crippen LogP contribution in [0.5, 0.6) is 5.75 Å². The number of halogens is 4. The molecular formula is C13H16BrF3N2O2. The van der Waals surface area contributed by atoms with Gasteiger partial charge >= 0.3 is 6.36 Å². The molecule has 0 aliphatic heterocycles. The number of anilines is 1. The molecule has 1 aromatic rings. The van der Waals surface area contributed by atoms with E-state index >= 15 is 0 Å². The molecule has 0 aliphatic rings. The van der Waals surface area contributed by atoms with Crippen molar-refractivity contribution < 1.29 is 22.7 Å². The highest BCUT2D eigenvalue weighted by molar-refractivity contribution is 9.10. The van der Waals surface area contributed by atoms with Crippen molar-refractivity contribution in [3.8, 4) is 5.75 Å². The van der Waals surface area contributed by atoms with E-state index in [-0.39, 0.29) is 11.6 Å². The van der Waals surface area contributed by atoms with Gasteiger partial charge in [0.05, 0.1) is 11.7 Å². The van der Waals surface area contributed by atoms with Crippen LogP contribution in [0.3, 0.4) is 0 Å². The summed E-state index contributed by atoms with van der Waals surface area (Å²) >= 11 is 3.05. The third kappa shape index (κ3) is 5.55. The number of hydrogen-bond donors (Lipinski definition) is 2. The van der Waals surface area contributed by atoms with Crippen LogP contribution in [0.1, 0.15) is 20.3 Å². The third-order valence-electron chi connectivity index (χ3n) is 2.99. The largest absolute Gasteiger partial charge is 0.573 e. The highest BCUT2D eigenvalue weighted by Crippen LogP contribution is 2.33. The Morgan fingerprint density at radius 3 is 2.62 bits per heavy atom. The maximum atomic E-state index is 12.4. The Morgan fingerprint density at radius 1 is 1.48 bits per heavy atom. The second-order valence-electron chi connectivity index (χ2n) is 4.59. The molecule has 0 saturated heterocycles. The van der Waals surface area contributed by atoms with Crippen molar-refractivity contribution in [1.29, 1.82) is 0 Å². The predicted octanol–water partition coefficient (Wildman–Crippen LogP) is 3.66. The fraction of sp³-hybridized carbons (Fsp3) is 0.462. The van der Waals surface area contributed by atoms with Gasteiger partial charge in [0.1, 0.15) is 0 Å². The van der Waals surface area contributed by atoms with E-state index in [1.54, 1.807) is 6.92 Å². The first-order chi connectivity index (χ1) is 9.64. The van der Waals surface area contributed by atoms with E-state index < -0.39 is 24.1 Å². The van der Waals surface area contributed by atoms with Crippen LogP contribution >= 0.6 is 15.9 Å². The van der Waals surface area contributed by atoms with Gasteiger partial charge < -0.3 is 15.8 Å². The second kappa shape index (κ2) is 7.13. The van der Waals surface area contributed by atoms with Crippen molar-refractivity contribution in [3.63, 3.8) is 0 Å². The molecule has 4 nitrogen and oxygen atoms in total. The molecule has 0 heterocycles. The van der Waals surface area contributed by atoms with Crippen LogP contribution in [0.25, 0.3) is 0 Å². The molecule has 0 aliphatic carbocycles. The number of carbonyl (C=O) groups excluding carboxylic acids is 1. The zero-order valence-corrected chi connectivity index (χ0v) is 13.1. The van der Waals surface area contributed by atoms with Crippen molar-refractivity contribution in [2.45, 2.75) is 32.7 Å². The monoisotopic (exact) mass is 368 g/mol. The van der Waals surface area contributed by atoms with E-state index in [1.165, 1.54) is 12.1 Å². The highest BCUT2D eigenvalue weighted by Gasteiger charge is 2.32. The standard InChI is InChI=1S/C13H16BrF3N2O2/c1-3-7(2)11(18)12(20)19-9-5-4-8(14)6-10(9)21-13(15,16)17/h4-7,11H,3,18H2,1-2H3,(H,19,20)/t7-,11-/m0/s1. The van der Waals surface area contributed by atoms with Crippen molar-refractivity contribution >= 4 is 27.5 Å². The van der Waals surface area contributed by atoms with Gasteiger partial charge in [0.25, 0.3) is 0 Å². The van der Waals surface area contributed by atoms with E-state index in [0.717, 1.165) is 6.07 Å². The van der Waals surface area contributed by atoms with Crippen molar-refractivity contribution in [1.82, 2.24) is 0 Å². The maximum absolute atomic E-state index is 12.4. The smallest absolute Gasteiger partial charge is 0.404 e. The molecule has 0 radical (unpaired) electrons. The summed E-state index contributed by atoms with van der Waals surface area (Å²) in [5.74, 6) is -1.15. The quantitative estimate of drug-likeness (QED) is 0.833. The normalized spacial score (nSPS) is 14.4. The van der Waals surface area contributed by atoms with Gasteiger partial charge in [-0.05, 0) is 24.1 Å². The van der Waals surface area contributed by atoms with Crippen molar-refractivity contribution in [3.05, 3.63) is 22.7 Å². The molecule has 0 spiro atoms. The van der Waals surface area contributed by atoms with E-state index in [1.807, 2.05) is 6.92 Å². The lowest BCUT2D eigenvalue weighted by Crippen LogP contribution is -2.40. The third-order valence-corrected chi connectivity index (χ3v) is 3.48. The lowest BCUT2D eigenvalue weighted by Gasteiger charge is -2.19. The first kappa shape index (κ1) is 17.8. The Kier molecular flexibility index (Phi) is 6.03. The molecule has 0 aromatic heterocycles. The molecule has 0 fully saturated rings. The number of nitrogens with two attached hydrogens (primary N) is 1. The average molecular weight is 369 g/mol. The van der Waals surface area contributed by atoms with Crippen LogP contribution in [0.4, 0.5) is 18.9 Å². The Hall–Kier alpha value is -1.28. The van der Waals surface area contributed by atoms with Gasteiger partial charge in [0, 0.05) is 4.47 Å². The predicted molar refractivity (Wildman–Crippen MR) is 76.9 cm³/mol. The molecule has 1 amide bonds. The lowest BCUT2D eigenvalue weighted by molar-refractivity contribution is -0.274. The van der Waals surface area contributed by atoms with Gasteiger partial charge in [-0.2, -0.15) is 0 Å². The van der Waals surface area contributed by atoms with Gasteiger partial charge in [0.15, 0.2) is 5.75 Å². The zero-order chi connectivity index (χ0) is 16.2. The van der Waals surface area contributed by atoms with Gasteiger partial charge in [-0.25, -0.2) is 0 Å². The van der Waals surface area contributed by atoms with E-state index in [4.69, 9.17) is 5.73 Å². The zero-order valence-electron chi connectivity index (χ0n) is 11.5. The molecule has 2 atom stereocenters.